The van der Waals surface area contributed by atoms with E-state index in [2.05, 4.69) is 13.0 Å². The lowest BCUT2D eigenvalue weighted by molar-refractivity contribution is -0.139. The second-order valence-corrected chi connectivity index (χ2v) is 10.5. The van der Waals surface area contributed by atoms with Gasteiger partial charge in [0.05, 0.1) is 12.2 Å². The number of benzene rings is 2. The maximum atomic E-state index is 11.7. The van der Waals surface area contributed by atoms with Crippen LogP contribution in [0.25, 0.3) is 0 Å². The van der Waals surface area contributed by atoms with Gasteiger partial charge in [-0.25, -0.2) is 9.59 Å². The molecule has 1 fully saturated rings. The summed E-state index contributed by atoms with van der Waals surface area (Å²) in [5.74, 6) is -0.128. The normalized spacial score (nSPS) is 23.1. The van der Waals surface area contributed by atoms with Crippen LogP contribution in [0.3, 0.4) is 0 Å². The molecule has 0 saturated heterocycles. The number of carboxylic acid groups (broad SMARTS) is 2. The summed E-state index contributed by atoms with van der Waals surface area (Å²) in [6.07, 6.45) is 7.50. The largest absolute Gasteiger partial charge is 0.490 e. The molecule has 0 amide bonds. The maximum absolute atomic E-state index is 11.7. The molecule has 0 spiro atoms. The number of rotatable bonds is 13. The van der Waals surface area contributed by atoms with Gasteiger partial charge >= 0.3 is 11.9 Å². The molecule has 0 aliphatic heterocycles. The minimum atomic E-state index is -0.996. The SMILES string of the molecule is CCCCC[C@@H](CC[C@@H]1[C@H]2Cc3cccc(OCC(=O)O)c3C[C@H]2C[C@H]1O)Oc1ccccc1C(=O)O. The summed E-state index contributed by atoms with van der Waals surface area (Å²) >= 11 is 0. The van der Waals surface area contributed by atoms with Crippen LogP contribution in [-0.2, 0) is 17.6 Å². The number of aliphatic hydroxyl groups excluding tert-OH is 1. The minimum Gasteiger partial charge on any atom is -0.490 e. The van der Waals surface area contributed by atoms with Crippen molar-refractivity contribution in [3.63, 3.8) is 0 Å². The number of fused-ring (bicyclic) bond motifs is 2. The third-order valence-corrected chi connectivity index (χ3v) is 8.06. The molecule has 1 saturated carbocycles. The zero-order valence-corrected chi connectivity index (χ0v) is 21.5. The average molecular weight is 511 g/mol. The van der Waals surface area contributed by atoms with E-state index in [-0.39, 0.29) is 24.2 Å². The van der Waals surface area contributed by atoms with Gasteiger partial charge in [-0.1, -0.05) is 44.0 Å². The molecule has 7 heteroatoms. The van der Waals surface area contributed by atoms with Gasteiger partial charge in [0.25, 0.3) is 0 Å². The number of hydrogen-bond acceptors (Lipinski definition) is 5. The van der Waals surface area contributed by atoms with Crippen molar-refractivity contribution < 1.29 is 34.4 Å². The van der Waals surface area contributed by atoms with Gasteiger partial charge < -0.3 is 24.8 Å². The van der Waals surface area contributed by atoms with Crippen LogP contribution >= 0.6 is 0 Å². The molecule has 4 rings (SSSR count). The van der Waals surface area contributed by atoms with Crippen molar-refractivity contribution in [2.45, 2.75) is 76.9 Å². The van der Waals surface area contributed by atoms with E-state index in [9.17, 15) is 19.8 Å². The number of hydrogen-bond donors (Lipinski definition) is 3. The monoisotopic (exact) mass is 510 g/mol. The third kappa shape index (κ3) is 6.63. The Kier molecular flexibility index (Phi) is 9.09. The molecule has 3 N–H and O–H groups in total. The summed E-state index contributed by atoms with van der Waals surface area (Å²) in [5.41, 5.74) is 2.42. The molecule has 7 nitrogen and oxygen atoms in total. The average Bonchev–Trinajstić information content (AvgIpc) is 3.18. The molecule has 2 aromatic rings. The summed E-state index contributed by atoms with van der Waals surface area (Å²) < 4.78 is 11.8. The molecule has 0 bridgehead atoms. The zero-order chi connectivity index (χ0) is 26.4. The van der Waals surface area contributed by atoms with Crippen molar-refractivity contribution in [3.8, 4) is 11.5 Å². The van der Waals surface area contributed by atoms with Crippen LogP contribution < -0.4 is 9.47 Å². The number of aliphatic carboxylic acids is 1. The van der Waals surface area contributed by atoms with Crippen LogP contribution in [0.1, 0.15) is 73.4 Å². The van der Waals surface area contributed by atoms with Gasteiger partial charge in [0, 0.05) is 0 Å². The lowest BCUT2D eigenvalue weighted by Crippen LogP contribution is -2.29. The third-order valence-electron chi connectivity index (χ3n) is 8.06. The smallest absolute Gasteiger partial charge is 0.341 e. The number of aromatic carboxylic acids is 1. The van der Waals surface area contributed by atoms with E-state index in [1.54, 1.807) is 24.3 Å². The van der Waals surface area contributed by atoms with E-state index in [4.69, 9.17) is 14.6 Å². The molecule has 0 unspecified atom stereocenters. The highest BCUT2D eigenvalue weighted by atomic mass is 16.5. The summed E-state index contributed by atoms with van der Waals surface area (Å²) in [6, 6.07) is 12.6. The molecule has 0 heterocycles. The number of para-hydroxylation sites is 1. The molecule has 0 aromatic heterocycles. The van der Waals surface area contributed by atoms with Crippen LogP contribution in [0.2, 0.25) is 0 Å². The predicted octanol–water partition coefficient (Wildman–Crippen LogP) is 5.37. The van der Waals surface area contributed by atoms with E-state index in [0.29, 0.717) is 23.3 Å². The first-order valence-electron chi connectivity index (χ1n) is 13.5. The number of carboxylic acids is 2. The van der Waals surface area contributed by atoms with Gasteiger partial charge in [-0.15, -0.1) is 0 Å². The standard InChI is InChI=1S/C30H38O7/c1-2-3-4-9-21(37-28-11-6-5-10-23(28)30(34)35)13-14-22-24-15-19-8-7-12-27(36-18-29(32)33)25(19)16-20(24)17-26(22)31/h5-8,10-12,20-22,24,26,31H,2-4,9,13-18H2,1H3,(H,32,33)(H,34,35)/t20-,21-,22+,24-,26+/m0/s1. The lowest BCUT2D eigenvalue weighted by atomic mass is 9.73. The van der Waals surface area contributed by atoms with Crippen molar-refractivity contribution in [2.24, 2.45) is 17.8 Å². The Hall–Kier alpha value is -3.06. The van der Waals surface area contributed by atoms with Crippen molar-refractivity contribution in [2.75, 3.05) is 6.61 Å². The van der Waals surface area contributed by atoms with E-state index >= 15 is 0 Å². The highest BCUT2D eigenvalue weighted by Crippen LogP contribution is 2.48. The molecule has 2 aliphatic carbocycles. The molecular formula is C30H38O7. The Morgan fingerprint density at radius 3 is 2.54 bits per heavy atom. The number of aliphatic hydroxyl groups is 1. The van der Waals surface area contributed by atoms with E-state index < -0.39 is 18.0 Å². The first kappa shape index (κ1) is 27.0. The Labute approximate surface area is 218 Å². The van der Waals surface area contributed by atoms with Gasteiger partial charge in [0.15, 0.2) is 6.61 Å². The highest BCUT2D eigenvalue weighted by molar-refractivity contribution is 5.90. The van der Waals surface area contributed by atoms with Crippen LogP contribution in [0.4, 0.5) is 0 Å². The first-order chi connectivity index (χ1) is 17.9. The predicted molar refractivity (Wildman–Crippen MR) is 139 cm³/mol. The Morgan fingerprint density at radius 1 is 1.00 bits per heavy atom. The maximum Gasteiger partial charge on any atom is 0.341 e. The molecule has 200 valence electrons. The summed E-state index contributed by atoms with van der Waals surface area (Å²) in [7, 11) is 0. The Bertz CT molecular complexity index is 1080. The molecule has 5 atom stereocenters. The van der Waals surface area contributed by atoms with Crippen LogP contribution in [0.15, 0.2) is 42.5 Å². The fourth-order valence-electron chi connectivity index (χ4n) is 6.27. The fraction of sp³-hybridized carbons (Fsp3) is 0.533. The summed E-state index contributed by atoms with van der Waals surface area (Å²) in [4.78, 5) is 22.7. The zero-order valence-electron chi connectivity index (χ0n) is 21.5. The van der Waals surface area contributed by atoms with E-state index in [1.807, 2.05) is 12.1 Å². The van der Waals surface area contributed by atoms with Gasteiger partial charge in [0.1, 0.15) is 17.1 Å². The number of carbonyl (C=O) groups is 2. The molecule has 2 aromatic carbocycles. The molecule has 37 heavy (non-hydrogen) atoms. The Morgan fingerprint density at radius 2 is 1.78 bits per heavy atom. The summed E-state index contributed by atoms with van der Waals surface area (Å²) in [6.45, 7) is 1.80. The minimum absolute atomic E-state index is 0.106. The van der Waals surface area contributed by atoms with Gasteiger partial charge in [-0.05, 0) is 92.0 Å². The van der Waals surface area contributed by atoms with Crippen molar-refractivity contribution in [1.29, 1.82) is 0 Å². The van der Waals surface area contributed by atoms with Gasteiger partial charge in [-0.2, -0.15) is 0 Å². The first-order valence-corrected chi connectivity index (χ1v) is 13.5. The topological polar surface area (TPSA) is 113 Å². The number of ether oxygens (including phenoxy) is 2. The molecule has 2 aliphatic rings. The highest BCUT2D eigenvalue weighted by Gasteiger charge is 2.45. The molecule has 0 radical (unpaired) electrons. The van der Waals surface area contributed by atoms with Crippen LogP contribution in [0.5, 0.6) is 11.5 Å². The van der Waals surface area contributed by atoms with Gasteiger partial charge in [-0.3, -0.25) is 0 Å². The van der Waals surface area contributed by atoms with E-state index in [0.717, 1.165) is 63.4 Å². The number of unbranched alkanes of at least 4 members (excludes halogenated alkanes) is 2. The second-order valence-electron chi connectivity index (χ2n) is 10.5. The summed E-state index contributed by atoms with van der Waals surface area (Å²) in [5, 5.41) is 29.6. The molecular weight excluding hydrogens is 472 g/mol. The van der Waals surface area contributed by atoms with Crippen LogP contribution in [0, 0.1) is 17.8 Å². The fourth-order valence-corrected chi connectivity index (χ4v) is 6.27. The van der Waals surface area contributed by atoms with Crippen LogP contribution in [-0.4, -0.2) is 46.1 Å². The van der Waals surface area contributed by atoms with Crippen molar-refractivity contribution >= 4 is 11.9 Å². The van der Waals surface area contributed by atoms with Gasteiger partial charge in [0.2, 0.25) is 0 Å². The van der Waals surface area contributed by atoms with Crippen molar-refractivity contribution in [3.05, 3.63) is 59.2 Å². The van der Waals surface area contributed by atoms with Crippen molar-refractivity contribution in [1.82, 2.24) is 0 Å². The Balaban J connectivity index is 1.45. The second kappa shape index (κ2) is 12.5. The van der Waals surface area contributed by atoms with E-state index in [1.165, 1.54) is 5.56 Å². The lowest BCUT2D eigenvalue weighted by Gasteiger charge is -2.33. The quantitative estimate of drug-likeness (QED) is 0.311.